The van der Waals surface area contributed by atoms with Crippen molar-refractivity contribution in [3.05, 3.63) is 11.8 Å². The van der Waals surface area contributed by atoms with Gasteiger partial charge in [0, 0.05) is 13.5 Å². The number of nitrogens with one attached hydrogen (secondary N) is 2. The van der Waals surface area contributed by atoms with Crippen LogP contribution in [-0.2, 0) is 28.6 Å². The number of aliphatic hydroxyl groups excluding tert-OH is 1. The second kappa shape index (κ2) is 15.6. The topological polar surface area (TPSA) is 225 Å². The summed E-state index contributed by atoms with van der Waals surface area (Å²) in [5.74, 6) is -6.28. The lowest BCUT2D eigenvalue weighted by Gasteiger charge is -2.40. The van der Waals surface area contributed by atoms with Crippen molar-refractivity contribution in [1.29, 1.82) is 0 Å². The van der Waals surface area contributed by atoms with Gasteiger partial charge in [0.05, 0.1) is 12.1 Å². The van der Waals surface area contributed by atoms with Crippen LogP contribution in [0.3, 0.4) is 0 Å². The number of carbonyl (C=O) groups is 4. The van der Waals surface area contributed by atoms with Crippen molar-refractivity contribution in [2.75, 3.05) is 13.2 Å². The molecule has 5 atom stereocenters. The maximum Gasteiger partial charge on any atom is 0.490 e. The molecule has 1 heterocycles. The molecule has 0 radical (unpaired) electrons. The molecule has 2 amide bonds. The van der Waals surface area contributed by atoms with Gasteiger partial charge in [-0.25, -0.2) is 19.4 Å². The van der Waals surface area contributed by atoms with Crippen LogP contribution in [0.2, 0.25) is 0 Å². The van der Waals surface area contributed by atoms with Crippen LogP contribution < -0.4 is 22.1 Å². The highest BCUT2D eigenvalue weighted by molar-refractivity contribution is 5.85. The number of aliphatic imine (C=N–C) groups is 1. The number of hydrogen-bond acceptors (Lipinski definition) is 9. The van der Waals surface area contributed by atoms with E-state index in [1.165, 1.54) is 0 Å². The highest BCUT2D eigenvalue weighted by Crippen LogP contribution is 2.27. The lowest BCUT2D eigenvalue weighted by molar-refractivity contribution is -0.204. The van der Waals surface area contributed by atoms with Crippen molar-refractivity contribution in [3.63, 3.8) is 0 Å². The normalized spacial score (nSPS) is 20.4. The molecule has 39 heavy (non-hydrogen) atoms. The molecular weight excluding hydrogens is 535 g/mol. The third kappa shape index (κ3) is 11.7. The number of nitrogens with zero attached hydrogens (tertiary/aromatic N) is 1. The molecule has 0 spiro atoms. The van der Waals surface area contributed by atoms with E-state index in [0.29, 0.717) is 6.42 Å². The first-order chi connectivity index (χ1) is 18.2. The molecule has 1 aliphatic heterocycles. The van der Waals surface area contributed by atoms with Crippen LogP contribution in [-0.4, -0.2) is 89.8 Å². The predicted octanol–water partition coefficient (Wildman–Crippen LogP) is 0.0320. The van der Waals surface area contributed by atoms with Gasteiger partial charge in [0.2, 0.25) is 11.7 Å². The summed E-state index contributed by atoms with van der Waals surface area (Å²) in [5, 5.41) is 24.9. The van der Waals surface area contributed by atoms with Crippen LogP contribution in [0.1, 0.15) is 46.0 Å². The second-order valence-electron chi connectivity index (χ2n) is 8.56. The van der Waals surface area contributed by atoms with Crippen molar-refractivity contribution in [2.45, 2.75) is 82.5 Å². The Balaban J connectivity index is 3.30. The van der Waals surface area contributed by atoms with Crippen molar-refractivity contribution >= 4 is 29.9 Å². The number of hydrogen-bond donors (Lipinski definition) is 6. The van der Waals surface area contributed by atoms with Gasteiger partial charge < -0.3 is 46.5 Å². The minimum absolute atomic E-state index is 0.145. The summed E-state index contributed by atoms with van der Waals surface area (Å²) >= 11 is 0. The first-order valence-corrected chi connectivity index (χ1v) is 12.0. The first-order valence-electron chi connectivity index (χ1n) is 12.0. The fourth-order valence-corrected chi connectivity index (χ4v) is 3.58. The molecule has 0 aliphatic carbocycles. The summed E-state index contributed by atoms with van der Waals surface area (Å²) in [7, 11) is 0. The van der Waals surface area contributed by atoms with E-state index in [0.717, 1.165) is 38.7 Å². The highest BCUT2D eigenvalue weighted by atomic mass is 19.4. The number of carboxylic acid groups (broad SMARTS) is 1. The number of aliphatic carboxylic acids is 1. The van der Waals surface area contributed by atoms with E-state index in [2.05, 4.69) is 20.4 Å². The predicted molar refractivity (Wildman–Crippen MR) is 128 cm³/mol. The average molecular weight is 570 g/mol. The Morgan fingerprint density at radius 1 is 1.18 bits per heavy atom. The quantitative estimate of drug-likeness (QED) is 0.0708. The molecule has 17 heteroatoms. The Hall–Kier alpha value is -3.76. The van der Waals surface area contributed by atoms with Crippen LogP contribution in [0.15, 0.2) is 16.8 Å². The molecule has 1 rings (SSSR count). The van der Waals surface area contributed by atoms with E-state index in [4.69, 9.17) is 20.9 Å². The number of carbonyl (C=O) groups excluding carboxylic acids is 3. The lowest BCUT2D eigenvalue weighted by atomic mass is 9.92. The molecule has 0 bridgehead atoms. The molecule has 222 valence electrons. The standard InChI is InChI=1S/C22H34F3N5O9/c1-3-4-5-6-7-8-28-21(36)39-16(13(32)10-37-19(35)22(23,24)25)17-15(29-11(2)31)12(30-20(26)27)9-14(38-17)18(33)34/h9,12-13,15-17,32H,3-8,10H2,1-2H3,(H,28,36)(H,29,31)(H,33,34)(H4,26,27,30)/t12-,13+,15+,16+,17+/m0/s1. The number of unbranched alkanes of at least 4 members (excludes halogenated alkanes) is 4. The zero-order valence-electron chi connectivity index (χ0n) is 21.4. The first kappa shape index (κ1) is 33.3. The van der Waals surface area contributed by atoms with Gasteiger partial charge in [-0.3, -0.25) is 4.79 Å². The zero-order valence-corrected chi connectivity index (χ0v) is 21.4. The number of carboxylic acids is 1. The monoisotopic (exact) mass is 569 g/mol. The van der Waals surface area contributed by atoms with Crippen LogP contribution >= 0.6 is 0 Å². The number of nitrogens with two attached hydrogens (primary N) is 2. The Morgan fingerprint density at radius 3 is 2.36 bits per heavy atom. The van der Waals surface area contributed by atoms with Crippen LogP contribution in [0.25, 0.3) is 0 Å². The van der Waals surface area contributed by atoms with Gasteiger partial charge >= 0.3 is 24.2 Å². The number of halogens is 3. The average Bonchev–Trinajstić information content (AvgIpc) is 2.82. The van der Waals surface area contributed by atoms with E-state index in [-0.39, 0.29) is 6.54 Å². The third-order valence-electron chi connectivity index (χ3n) is 5.30. The minimum atomic E-state index is -5.39. The summed E-state index contributed by atoms with van der Waals surface area (Å²) in [5.41, 5.74) is 10.8. The third-order valence-corrected chi connectivity index (χ3v) is 5.30. The Morgan fingerprint density at radius 2 is 1.82 bits per heavy atom. The van der Waals surface area contributed by atoms with E-state index < -0.39 is 78.8 Å². The van der Waals surface area contributed by atoms with Gasteiger partial charge in [-0.05, 0) is 12.5 Å². The molecule has 0 aromatic carbocycles. The zero-order chi connectivity index (χ0) is 29.8. The Labute approximate surface area is 221 Å². The number of ether oxygens (including phenoxy) is 3. The summed E-state index contributed by atoms with van der Waals surface area (Å²) in [6.07, 6.45) is -7.26. The second-order valence-corrected chi connectivity index (χ2v) is 8.56. The molecule has 0 saturated carbocycles. The van der Waals surface area contributed by atoms with Gasteiger partial charge in [0.25, 0.3) is 0 Å². The number of rotatable bonds is 14. The van der Waals surface area contributed by atoms with Crippen molar-refractivity contribution in [3.8, 4) is 0 Å². The summed E-state index contributed by atoms with van der Waals surface area (Å²) in [6.45, 7) is 1.91. The van der Waals surface area contributed by atoms with Crippen molar-refractivity contribution < 1.29 is 56.8 Å². The molecule has 0 unspecified atom stereocenters. The van der Waals surface area contributed by atoms with Crippen molar-refractivity contribution in [1.82, 2.24) is 10.6 Å². The van der Waals surface area contributed by atoms with Crippen LogP contribution in [0.4, 0.5) is 18.0 Å². The van der Waals surface area contributed by atoms with Crippen molar-refractivity contribution in [2.24, 2.45) is 16.5 Å². The largest absolute Gasteiger partial charge is 0.490 e. The SMILES string of the molecule is CCCCCCCNC(=O)O[C@@H]([C@@H]1OC(C(=O)O)=C[C@H](N=C(N)N)[C@H]1NC(C)=O)[C@H](O)COC(=O)C(F)(F)F. The lowest BCUT2D eigenvalue weighted by Crippen LogP contribution is -2.61. The molecule has 0 aromatic rings. The maximum atomic E-state index is 12.6. The minimum Gasteiger partial charge on any atom is -0.477 e. The van der Waals surface area contributed by atoms with Gasteiger partial charge in [-0.1, -0.05) is 32.6 Å². The smallest absolute Gasteiger partial charge is 0.477 e. The molecule has 1 aliphatic rings. The molecule has 0 aromatic heterocycles. The number of alkyl halides is 3. The van der Waals surface area contributed by atoms with Gasteiger partial charge in [-0.2, -0.15) is 13.2 Å². The maximum absolute atomic E-state index is 12.6. The summed E-state index contributed by atoms with van der Waals surface area (Å²) in [4.78, 5) is 51.1. The fourth-order valence-electron chi connectivity index (χ4n) is 3.58. The highest BCUT2D eigenvalue weighted by Gasteiger charge is 2.48. The van der Waals surface area contributed by atoms with Gasteiger partial charge in [-0.15, -0.1) is 0 Å². The summed E-state index contributed by atoms with van der Waals surface area (Å²) < 4.78 is 52.5. The number of aliphatic hydroxyl groups is 1. The van der Waals surface area contributed by atoms with Gasteiger partial charge in [0.1, 0.15) is 12.7 Å². The number of amides is 2. The molecule has 14 nitrogen and oxygen atoms in total. The van der Waals surface area contributed by atoms with Crippen LogP contribution in [0.5, 0.6) is 0 Å². The molecular formula is C22H34F3N5O9. The number of guanidine groups is 1. The molecule has 8 N–H and O–H groups in total. The van der Waals surface area contributed by atoms with Gasteiger partial charge in [0.15, 0.2) is 18.2 Å². The van der Waals surface area contributed by atoms with E-state index >= 15 is 0 Å². The van der Waals surface area contributed by atoms with Crippen LogP contribution in [0, 0.1) is 0 Å². The van der Waals surface area contributed by atoms with E-state index in [1.807, 2.05) is 6.92 Å². The Bertz CT molecular complexity index is 925. The summed E-state index contributed by atoms with van der Waals surface area (Å²) in [6, 6.07) is -2.73. The van der Waals surface area contributed by atoms with E-state index in [9.17, 15) is 42.6 Å². The molecule has 0 saturated heterocycles. The van der Waals surface area contributed by atoms with E-state index in [1.54, 1.807) is 0 Å². The molecule has 0 fully saturated rings. The fraction of sp³-hybridized carbons (Fsp3) is 0.682. The number of alkyl carbamates (subject to hydrolysis) is 1. The Kier molecular flexibility index (Phi) is 13.3. The number of esters is 1.